The largest absolute Gasteiger partial charge is 0.348 e. The highest BCUT2D eigenvalue weighted by molar-refractivity contribution is 5.96. The summed E-state index contributed by atoms with van der Waals surface area (Å²) in [5.74, 6) is -0.276. The van der Waals surface area contributed by atoms with Crippen molar-refractivity contribution >= 4 is 11.7 Å². The maximum absolute atomic E-state index is 12.4. The lowest BCUT2D eigenvalue weighted by atomic mass is 9.91. The van der Waals surface area contributed by atoms with E-state index in [4.69, 9.17) is 0 Å². The molecular weight excluding hydrogens is 350 g/mol. The summed E-state index contributed by atoms with van der Waals surface area (Å²) in [4.78, 5) is 30.3. The molecule has 5 heteroatoms. The first kappa shape index (κ1) is 18.8. The average molecular weight is 377 g/mol. The maximum Gasteiger partial charge on any atom is 0.253 e. The molecule has 1 aromatic carbocycles. The molecule has 1 aliphatic carbocycles. The molecule has 28 heavy (non-hydrogen) atoms. The van der Waals surface area contributed by atoms with Gasteiger partial charge in [-0.2, -0.15) is 0 Å². The summed E-state index contributed by atoms with van der Waals surface area (Å²) in [5, 5.41) is 2.96. The predicted octanol–water partition coefficient (Wildman–Crippen LogP) is 3.17. The SMILES string of the molecule is CC(=O)c1ccc(C(=O)NCc2ccc3c(c2)CCN(C2CCC2)CC3)cn1. The number of ketones is 1. The van der Waals surface area contributed by atoms with E-state index < -0.39 is 0 Å². The lowest BCUT2D eigenvalue weighted by Crippen LogP contribution is -2.41. The third-order valence-corrected chi connectivity index (χ3v) is 6.04. The number of carbonyl (C=O) groups excluding carboxylic acids is 2. The second-order valence-electron chi connectivity index (χ2n) is 7.89. The highest BCUT2D eigenvalue weighted by Gasteiger charge is 2.26. The first-order chi connectivity index (χ1) is 13.6. The number of nitrogens with one attached hydrogen (secondary N) is 1. The Bertz CT molecular complexity index is 872. The van der Waals surface area contributed by atoms with Crippen LogP contribution in [0, 0.1) is 0 Å². The van der Waals surface area contributed by atoms with Crippen LogP contribution in [0.2, 0.25) is 0 Å². The number of hydrogen-bond acceptors (Lipinski definition) is 4. The quantitative estimate of drug-likeness (QED) is 0.813. The molecule has 1 fully saturated rings. The minimum absolute atomic E-state index is 0.104. The van der Waals surface area contributed by atoms with Crippen molar-refractivity contribution in [3.05, 3.63) is 64.5 Å². The lowest BCUT2D eigenvalue weighted by molar-refractivity contribution is 0.0947. The molecule has 1 aromatic heterocycles. The van der Waals surface area contributed by atoms with Gasteiger partial charge in [0.25, 0.3) is 5.91 Å². The van der Waals surface area contributed by atoms with Crippen molar-refractivity contribution in [1.29, 1.82) is 0 Å². The van der Waals surface area contributed by atoms with Gasteiger partial charge in [0.15, 0.2) is 5.78 Å². The van der Waals surface area contributed by atoms with Crippen LogP contribution in [0.15, 0.2) is 36.5 Å². The second-order valence-corrected chi connectivity index (χ2v) is 7.89. The van der Waals surface area contributed by atoms with E-state index in [0.29, 0.717) is 17.8 Å². The average Bonchev–Trinajstić information content (AvgIpc) is 2.87. The zero-order valence-corrected chi connectivity index (χ0v) is 16.4. The van der Waals surface area contributed by atoms with Crippen LogP contribution in [0.4, 0.5) is 0 Å². The first-order valence-corrected chi connectivity index (χ1v) is 10.2. The molecular formula is C23H27N3O2. The monoisotopic (exact) mass is 377 g/mol. The van der Waals surface area contributed by atoms with E-state index in [1.165, 1.54) is 43.5 Å². The first-order valence-electron chi connectivity index (χ1n) is 10.2. The maximum atomic E-state index is 12.4. The normalized spacial score (nSPS) is 17.3. The highest BCUT2D eigenvalue weighted by atomic mass is 16.1. The van der Waals surface area contributed by atoms with E-state index in [2.05, 4.69) is 33.4 Å². The van der Waals surface area contributed by atoms with Gasteiger partial charge in [0.2, 0.25) is 0 Å². The van der Waals surface area contributed by atoms with E-state index in [0.717, 1.165) is 37.5 Å². The van der Waals surface area contributed by atoms with Gasteiger partial charge in [-0.15, -0.1) is 0 Å². The zero-order chi connectivity index (χ0) is 19.5. The van der Waals surface area contributed by atoms with Crippen molar-refractivity contribution in [2.24, 2.45) is 0 Å². The predicted molar refractivity (Wildman–Crippen MR) is 108 cm³/mol. The second kappa shape index (κ2) is 8.23. The topological polar surface area (TPSA) is 62.3 Å². The van der Waals surface area contributed by atoms with Crippen molar-refractivity contribution in [3.8, 4) is 0 Å². The van der Waals surface area contributed by atoms with E-state index in [-0.39, 0.29) is 11.7 Å². The molecule has 5 nitrogen and oxygen atoms in total. The van der Waals surface area contributed by atoms with Crippen LogP contribution >= 0.6 is 0 Å². The van der Waals surface area contributed by atoms with Gasteiger partial charge < -0.3 is 5.32 Å². The molecule has 2 aliphatic rings. The van der Waals surface area contributed by atoms with Gasteiger partial charge in [0.05, 0.1) is 5.56 Å². The fourth-order valence-corrected chi connectivity index (χ4v) is 4.04. The number of benzene rings is 1. The molecule has 146 valence electrons. The number of amides is 1. The summed E-state index contributed by atoms with van der Waals surface area (Å²) in [6.07, 6.45) is 7.76. The van der Waals surface area contributed by atoms with Crippen LogP contribution in [-0.2, 0) is 19.4 Å². The van der Waals surface area contributed by atoms with Crippen molar-refractivity contribution < 1.29 is 9.59 Å². The Labute approximate surface area is 166 Å². The third-order valence-electron chi connectivity index (χ3n) is 6.04. The van der Waals surface area contributed by atoms with Crippen molar-refractivity contribution in [2.75, 3.05) is 13.1 Å². The van der Waals surface area contributed by atoms with Crippen molar-refractivity contribution in [1.82, 2.24) is 15.2 Å². The minimum Gasteiger partial charge on any atom is -0.348 e. The summed E-state index contributed by atoms with van der Waals surface area (Å²) in [7, 11) is 0. The molecule has 1 saturated carbocycles. The Morgan fingerprint density at radius 1 is 1.11 bits per heavy atom. The highest BCUT2D eigenvalue weighted by Crippen LogP contribution is 2.27. The standard InChI is InChI=1S/C23H27N3O2/c1-16(27)22-8-7-20(15-24-22)23(28)25-14-17-5-6-18-9-11-26(21-3-2-4-21)12-10-19(18)13-17/h5-8,13,15,21H,2-4,9-12,14H2,1H3,(H,25,28). The van der Waals surface area contributed by atoms with Gasteiger partial charge in [-0.3, -0.25) is 19.5 Å². The van der Waals surface area contributed by atoms with Gasteiger partial charge >= 0.3 is 0 Å². The number of fused-ring (bicyclic) bond motifs is 1. The molecule has 2 heterocycles. The molecule has 0 radical (unpaired) electrons. The lowest BCUT2D eigenvalue weighted by Gasteiger charge is -2.36. The molecule has 0 spiro atoms. The minimum atomic E-state index is -0.172. The number of rotatable bonds is 5. The van der Waals surface area contributed by atoms with Crippen molar-refractivity contribution in [2.45, 2.75) is 51.6 Å². The van der Waals surface area contributed by atoms with Crippen LogP contribution in [0.3, 0.4) is 0 Å². The van der Waals surface area contributed by atoms with Gasteiger partial charge in [-0.05, 0) is 54.5 Å². The zero-order valence-electron chi connectivity index (χ0n) is 16.4. The third kappa shape index (κ3) is 4.14. The van der Waals surface area contributed by atoms with E-state index in [9.17, 15) is 9.59 Å². The van der Waals surface area contributed by atoms with Crippen LogP contribution in [-0.4, -0.2) is 40.7 Å². The summed E-state index contributed by atoms with van der Waals surface area (Å²) in [6.45, 7) is 4.26. The fraction of sp³-hybridized carbons (Fsp3) is 0.435. The number of hydrogen-bond donors (Lipinski definition) is 1. The van der Waals surface area contributed by atoms with Gasteiger partial charge in [-0.25, -0.2) is 0 Å². The fourth-order valence-electron chi connectivity index (χ4n) is 4.04. The summed E-state index contributed by atoms with van der Waals surface area (Å²) in [5.41, 5.74) is 4.83. The Morgan fingerprint density at radius 3 is 2.54 bits per heavy atom. The molecule has 0 atom stereocenters. The van der Waals surface area contributed by atoms with Crippen LogP contribution < -0.4 is 5.32 Å². The molecule has 0 unspecified atom stereocenters. The van der Waals surface area contributed by atoms with E-state index in [1.54, 1.807) is 12.1 Å². The molecule has 1 N–H and O–H groups in total. The molecule has 0 saturated heterocycles. The van der Waals surface area contributed by atoms with Gasteiger partial charge in [0, 0.05) is 38.8 Å². The Morgan fingerprint density at radius 2 is 1.89 bits per heavy atom. The smallest absolute Gasteiger partial charge is 0.253 e. The molecule has 4 rings (SSSR count). The summed E-state index contributed by atoms with van der Waals surface area (Å²) in [6, 6.07) is 10.6. The Kier molecular flexibility index (Phi) is 5.53. The Hall–Kier alpha value is -2.53. The molecule has 1 aliphatic heterocycles. The Balaban J connectivity index is 1.36. The summed E-state index contributed by atoms with van der Waals surface area (Å²) < 4.78 is 0. The molecule has 2 aromatic rings. The van der Waals surface area contributed by atoms with Crippen LogP contribution in [0.25, 0.3) is 0 Å². The number of pyridine rings is 1. The van der Waals surface area contributed by atoms with Crippen LogP contribution in [0.1, 0.15) is 63.7 Å². The van der Waals surface area contributed by atoms with Gasteiger partial charge in [0.1, 0.15) is 5.69 Å². The van der Waals surface area contributed by atoms with Gasteiger partial charge in [-0.1, -0.05) is 24.6 Å². The number of aromatic nitrogens is 1. The van der Waals surface area contributed by atoms with Crippen LogP contribution in [0.5, 0.6) is 0 Å². The number of Topliss-reactive ketones (excluding diaryl/α,β-unsaturated/α-hetero) is 1. The molecule has 1 amide bonds. The molecule has 0 bridgehead atoms. The van der Waals surface area contributed by atoms with E-state index in [1.807, 2.05) is 0 Å². The number of carbonyl (C=O) groups is 2. The number of nitrogens with zero attached hydrogens (tertiary/aromatic N) is 2. The van der Waals surface area contributed by atoms with E-state index >= 15 is 0 Å². The summed E-state index contributed by atoms with van der Waals surface area (Å²) >= 11 is 0. The van der Waals surface area contributed by atoms with Crippen molar-refractivity contribution in [3.63, 3.8) is 0 Å².